The lowest BCUT2D eigenvalue weighted by Crippen LogP contribution is -2.48. The van der Waals surface area contributed by atoms with Crippen molar-refractivity contribution in [2.24, 2.45) is 11.8 Å². The van der Waals surface area contributed by atoms with Gasteiger partial charge in [0.15, 0.2) is 0 Å². The van der Waals surface area contributed by atoms with Gasteiger partial charge in [0.1, 0.15) is 12.1 Å². The van der Waals surface area contributed by atoms with Crippen LogP contribution in [-0.4, -0.2) is 49.1 Å². The first kappa shape index (κ1) is 18.1. The number of rotatable bonds is 5. The van der Waals surface area contributed by atoms with Crippen molar-refractivity contribution in [1.29, 1.82) is 0 Å². The number of nitrogens with one attached hydrogen (secondary N) is 1. The lowest BCUT2D eigenvalue weighted by Gasteiger charge is -2.21. The van der Waals surface area contributed by atoms with Gasteiger partial charge in [0, 0.05) is 0 Å². The van der Waals surface area contributed by atoms with E-state index in [0.29, 0.717) is 5.69 Å². The van der Waals surface area contributed by atoms with Crippen LogP contribution in [0.15, 0.2) is 30.3 Å². The molecule has 2 heterocycles. The fourth-order valence-corrected chi connectivity index (χ4v) is 3.54. The third-order valence-electron chi connectivity index (χ3n) is 4.57. The van der Waals surface area contributed by atoms with Gasteiger partial charge in [-0.2, -0.15) is 0 Å². The molecule has 2 saturated heterocycles. The van der Waals surface area contributed by atoms with Gasteiger partial charge in [-0.3, -0.25) is 24.5 Å². The Morgan fingerprint density at radius 2 is 1.38 bits per heavy atom. The van der Waals surface area contributed by atoms with Crippen molar-refractivity contribution in [2.75, 3.05) is 18.1 Å². The van der Waals surface area contributed by atoms with Crippen molar-refractivity contribution in [1.82, 2.24) is 5.32 Å². The predicted molar refractivity (Wildman–Crippen MR) is 89.9 cm³/mol. The molecule has 2 amide bonds. The maximum Gasteiger partial charge on any atom is 0.324 e. The molecule has 2 aliphatic heterocycles. The van der Waals surface area contributed by atoms with Gasteiger partial charge in [0.25, 0.3) is 0 Å². The average molecular weight is 360 g/mol. The first-order chi connectivity index (χ1) is 12.5. The summed E-state index contributed by atoms with van der Waals surface area (Å²) in [5, 5.41) is 2.78. The van der Waals surface area contributed by atoms with E-state index in [0.717, 1.165) is 4.90 Å². The monoisotopic (exact) mass is 360 g/mol. The number of hydrogen-bond donors (Lipinski definition) is 1. The summed E-state index contributed by atoms with van der Waals surface area (Å²) in [4.78, 5) is 51.5. The summed E-state index contributed by atoms with van der Waals surface area (Å²) in [7, 11) is 0. The molecule has 26 heavy (non-hydrogen) atoms. The molecule has 138 valence electrons. The van der Waals surface area contributed by atoms with Gasteiger partial charge in [-0.05, 0) is 26.0 Å². The summed E-state index contributed by atoms with van der Waals surface area (Å²) >= 11 is 0. The van der Waals surface area contributed by atoms with Crippen LogP contribution in [0.25, 0.3) is 0 Å². The van der Waals surface area contributed by atoms with Crippen LogP contribution in [-0.2, 0) is 28.7 Å². The van der Waals surface area contributed by atoms with E-state index in [1.54, 1.807) is 44.2 Å². The van der Waals surface area contributed by atoms with E-state index in [2.05, 4.69) is 5.32 Å². The van der Waals surface area contributed by atoms with Crippen molar-refractivity contribution in [3.8, 4) is 0 Å². The van der Waals surface area contributed by atoms with Crippen LogP contribution in [0.4, 0.5) is 5.69 Å². The molecule has 0 unspecified atom stereocenters. The van der Waals surface area contributed by atoms with Crippen LogP contribution in [0.2, 0.25) is 0 Å². The number of ether oxygens (including phenoxy) is 2. The Labute approximate surface area is 150 Å². The SMILES string of the molecule is CCOC(=O)[C@@H]1N[C@@H](C(=O)OCC)[C@H]2C(=O)N(c3ccccc3)C(=O)[C@H]21. The van der Waals surface area contributed by atoms with Gasteiger partial charge in [0.2, 0.25) is 11.8 Å². The fourth-order valence-electron chi connectivity index (χ4n) is 3.54. The van der Waals surface area contributed by atoms with Crippen LogP contribution >= 0.6 is 0 Å². The average Bonchev–Trinajstić information content (AvgIpc) is 3.14. The van der Waals surface area contributed by atoms with E-state index in [9.17, 15) is 19.2 Å². The zero-order valence-corrected chi connectivity index (χ0v) is 14.5. The standard InChI is InChI=1S/C18H20N2O6/c1-3-25-17(23)13-11-12(14(19-13)18(24)26-4-2)16(22)20(15(11)21)10-8-6-5-7-9-10/h5-9,11-14,19H,3-4H2,1-2H3/t11-,12+,13-,14-/m1/s1. The number of imide groups is 1. The van der Waals surface area contributed by atoms with Crippen molar-refractivity contribution in [3.05, 3.63) is 30.3 Å². The molecule has 8 heteroatoms. The molecule has 1 aromatic rings. The Hall–Kier alpha value is -2.74. The maximum absolute atomic E-state index is 12.9. The van der Waals surface area contributed by atoms with Crippen LogP contribution in [0.5, 0.6) is 0 Å². The Morgan fingerprint density at radius 3 is 1.81 bits per heavy atom. The van der Waals surface area contributed by atoms with Gasteiger partial charge >= 0.3 is 11.9 Å². The molecular formula is C18H20N2O6. The molecule has 8 nitrogen and oxygen atoms in total. The van der Waals surface area contributed by atoms with Crippen molar-refractivity contribution in [2.45, 2.75) is 25.9 Å². The number of fused-ring (bicyclic) bond motifs is 1. The van der Waals surface area contributed by atoms with Crippen LogP contribution in [0.1, 0.15) is 13.8 Å². The summed E-state index contributed by atoms with van der Waals surface area (Å²) in [5.41, 5.74) is 0.405. The highest BCUT2D eigenvalue weighted by atomic mass is 16.5. The minimum atomic E-state index is -1.07. The van der Waals surface area contributed by atoms with Crippen molar-refractivity contribution in [3.63, 3.8) is 0 Å². The number of nitrogens with zero attached hydrogens (tertiary/aromatic N) is 1. The van der Waals surface area contributed by atoms with Crippen LogP contribution in [0, 0.1) is 11.8 Å². The van der Waals surface area contributed by atoms with E-state index in [1.807, 2.05) is 0 Å². The molecular weight excluding hydrogens is 340 g/mol. The Kier molecular flexibility index (Phi) is 5.03. The fraction of sp³-hybridized carbons (Fsp3) is 0.444. The van der Waals surface area contributed by atoms with E-state index < -0.39 is 47.7 Å². The summed E-state index contributed by atoms with van der Waals surface area (Å²) in [6.45, 7) is 3.54. The van der Waals surface area contributed by atoms with Gasteiger partial charge in [-0.15, -0.1) is 0 Å². The molecule has 1 aromatic carbocycles. The molecule has 0 radical (unpaired) electrons. The second kappa shape index (κ2) is 7.25. The minimum absolute atomic E-state index is 0.128. The molecule has 0 spiro atoms. The number of carbonyl (C=O) groups is 4. The number of carbonyl (C=O) groups excluding carboxylic acids is 4. The zero-order valence-electron chi connectivity index (χ0n) is 14.5. The van der Waals surface area contributed by atoms with Gasteiger partial charge in [-0.25, -0.2) is 4.90 Å². The summed E-state index contributed by atoms with van der Waals surface area (Å²) in [5.74, 6) is -4.38. The van der Waals surface area contributed by atoms with Crippen molar-refractivity contribution < 1.29 is 28.7 Å². The van der Waals surface area contributed by atoms with Crippen molar-refractivity contribution >= 4 is 29.4 Å². The van der Waals surface area contributed by atoms with E-state index in [1.165, 1.54) is 0 Å². The van der Waals surface area contributed by atoms with Crippen LogP contribution in [0.3, 0.4) is 0 Å². The van der Waals surface area contributed by atoms with E-state index >= 15 is 0 Å². The zero-order chi connectivity index (χ0) is 18.8. The maximum atomic E-state index is 12.9. The summed E-state index contributed by atoms with van der Waals surface area (Å²) in [6, 6.07) is 6.28. The molecule has 3 rings (SSSR count). The van der Waals surface area contributed by atoms with Gasteiger partial charge in [0.05, 0.1) is 30.7 Å². The largest absolute Gasteiger partial charge is 0.465 e. The minimum Gasteiger partial charge on any atom is -0.465 e. The molecule has 2 fully saturated rings. The summed E-state index contributed by atoms with van der Waals surface area (Å²) < 4.78 is 10.0. The quantitative estimate of drug-likeness (QED) is 0.593. The Balaban J connectivity index is 1.98. The Bertz CT molecular complexity index is 692. The molecule has 0 saturated carbocycles. The number of anilines is 1. The normalized spacial score (nSPS) is 27.4. The third kappa shape index (κ3) is 2.86. The van der Waals surface area contributed by atoms with E-state index in [-0.39, 0.29) is 13.2 Å². The number of para-hydroxylation sites is 1. The molecule has 0 aromatic heterocycles. The molecule has 4 atom stereocenters. The number of amides is 2. The highest BCUT2D eigenvalue weighted by molar-refractivity contribution is 6.24. The van der Waals surface area contributed by atoms with E-state index in [4.69, 9.17) is 9.47 Å². The molecule has 2 aliphatic rings. The van der Waals surface area contributed by atoms with Gasteiger partial charge in [-0.1, -0.05) is 18.2 Å². The highest BCUT2D eigenvalue weighted by Crippen LogP contribution is 2.40. The van der Waals surface area contributed by atoms with Crippen LogP contribution < -0.4 is 10.2 Å². The lowest BCUT2D eigenvalue weighted by atomic mass is 9.89. The molecule has 1 N–H and O–H groups in total. The third-order valence-corrected chi connectivity index (χ3v) is 4.57. The summed E-state index contributed by atoms with van der Waals surface area (Å²) in [6.07, 6.45) is 0. The number of esters is 2. The lowest BCUT2D eigenvalue weighted by molar-refractivity contribution is -0.148. The second-order valence-corrected chi connectivity index (χ2v) is 6.03. The highest BCUT2D eigenvalue weighted by Gasteiger charge is 2.63. The predicted octanol–water partition coefficient (Wildman–Crippen LogP) is 0.259. The number of hydrogen-bond acceptors (Lipinski definition) is 7. The molecule has 0 aliphatic carbocycles. The second-order valence-electron chi connectivity index (χ2n) is 6.03. The first-order valence-corrected chi connectivity index (χ1v) is 8.53. The number of benzene rings is 1. The first-order valence-electron chi connectivity index (χ1n) is 8.53. The Morgan fingerprint density at radius 1 is 0.923 bits per heavy atom. The molecule has 0 bridgehead atoms. The van der Waals surface area contributed by atoms with Gasteiger partial charge < -0.3 is 9.47 Å². The topological polar surface area (TPSA) is 102 Å². The smallest absolute Gasteiger partial charge is 0.324 e.